The van der Waals surface area contributed by atoms with Crippen LogP contribution in [0.3, 0.4) is 0 Å². The van der Waals surface area contributed by atoms with Crippen LogP contribution in [0, 0.1) is 0 Å². The number of nitrogens with two attached hydrogens (primary N) is 6. The number of aliphatic imine (C=N–C) groups is 3. The molecule has 1 aromatic heterocycles. The van der Waals surface area contributed by atoms with E-state index in [0.29, 0.717) is 11.1 Å². The second-order valence-corrected chi connectivity index (χ2v) is 18.7. The maximum atomic E-state index is 14.7. The molecule has 28 heteroatoms. The molecule has 1 aliphatic rings. The number of aromatic amines is 1. The number of carboxylic acid groups (broad SMARTS) is 1. The number of nitrogens with one attached hydrogen (secondary N) is 9. The summed E-state index contributed by atoms with van der Waals surface area (Å²) in [7, 11) is 0. The third-order valence-corrected chi connectivity index (χ3v) is 12.5. The molecule has 0 aliphatic carbocycles. The van der Waals surface area contributed by atoms with Gasteiger partial charge in [-0.15, -0.1) is 0 Å². The van der Waals surface area contributed by atoms with Crippen LogP contribution in [0.5, 0.6) is 0 Å². The molecule has 1 saturated heterocycles. The number of H-pyrrole nitrogens is 1. The number of carbonyl (C=O) groups is 8. The highest BCUT2D eigenvalue weighted by molar-refractivity contribution is 5.96. The van der Waals surface area contributed by atoms with E-state index in [2.05, 4.69) is 62.5 Å². The minimum absolute atomic E-state index is 0.00320. The van der Waals surface area contributed by atoms with Crippen molar-refractivity contribution in [2.75, 3.05) is 26.2 Å². The summed E-state index contributed by atoms with van der Waals surface area (Å²) in [5, 5.41) is 44.7. The zero-order chi connectivity index (χ0) is 57.1. The van der Waals surface area contributed by atoms with Crippen LogP contribution in [-0.4, -0.2) is 155 Å². The molecule has 2 heterocycles. The summed E-state index contributed by atoms with van der Waals surface area (Å²) in [6.45, 7) is 1.33. The molecule has 28 nitrogen and oxygen atoms in total. The SMILES string of the molecule is CC(=O)NC(CCCN=C(N)N)C(=O)NC1CCC(=O)NCCCC(C(=O)O)NC(=O)C(Cc2c[nH]c3ccccc23)NC(O)C(CCCN=C(N)N)NC(=O)C(Cc2ccccc2)NC(=O)C(CCCN=C(N)N)NC1=O. The van der Waals surface area contributed by atoms with Gasteiger partial charge >= 0.3 is 5.97 Å². The Hall–Kier alpha value is -8.53. The summed E-state index contributed by atoms with van der Waals surface area (Å²) in [4.78, 5) is 125. The van der Waals surface area contributed by atoms with Gasteiger partial charge in [0.1, 0.15) is 36.4 Å². The van der Waals surface area contributed by atoms with Gasteiger partial charge in [-0.1, -0.05) is 48.5 Å². The van der Waals surface area contributed by atoms with Crippen LogP contribution in [0.1, 0.15) is 82.3 Å². The third-order valence-electron chi connectivity index (χ3n) is 12.5. The molecule has 3 aromatic rings. The second-order valence-electron chi connectivity index (χ2n) is 18.7. The Kier molecular flexibility index (Phi) is 25.6. The number of aliphatic carboxylic acids is 1. The van der Waals surface area contributed by atoms with Gasteiger partial charge in [0.2, 0.25) is 41.4 Å². The predicted octanol–water partition coefficient (Wildman–Crippen LogP) is -3.91. The van der Waals surface area contributed by atoms with E-state index in [4.69, 9.17) is 34.4 Å². The molecule has 4 rings (SSSR count). The summed E-state index contributed by atoms with van der Waals surface area (Å²) >= 11 is 0. The number of aliphatic hydroxyl groups is 1. The van der Waals surface area contributed by atoms with Gasteiger partial charge in [-0.05, 0) is 81.4 Å². The molecule has 8 atom stereocenters. The fourth-order valence-corrected chi connectivity index (χ4v) is 8.54. The number of para-hydroxylation sites is 1. The molecule has 7 amide bonds. The first-order valence-corrected chi connectivity index (χ1v) is 25.7. The van der Waals surface area contributed by atoms with E-state index >= 15 is 0 Å². The number of rotatable bonds is 20. The lowest BCUT2D eigenvalue weighted by Gasteiger charge is -2.31. The first kappa shape index (κ1) is 62.0. The average Bonchev–Trinajstić information content (AvgIpc) is 3.80. The van der Waals surface area contributed by atoms with Crippen molar-refractivity contribution in [3.8, 4) is 0 Å². The normalized spacial score (nSPS) is 21.7. The number of hydrogen-bond donors (Lipinski definition) is 17. The maximum Gasteiger partial charge on any atom is 0.326 e. The minimum atomic E-state index is -1.71. The molecule has 8 unspecified atom stereocenters. The lowest BCUT2D eigenvalue weighted by Crippen LogP contribution is -2.61. The maximum absolute atomic E-state index is 14.7. The van der Waals surface area contributed by atoms with E-state index < -0.39 is 95.8 Å². The molecule has 2 aromatic carbocycles. The number of aromatic nitrogens is 1. The first-order valence-electron chi connectivity index (χ1n) is 25.7. The van der Waals surface area contributed by atoms with Crippen molar-refractivity contribution in [3.05, 3.63) is 71.9 Å². The molecule has 1 aliphatic heterocycles. The Balaban J connectivity index is 1.80. The summed E-state index contributed by atoms with van der Waals surface area (Å²) in [6.07, 6.45) is -0.534. The summed E-state index contributed by atoms with van der Waals surface area (Å²) < 4.78 is 0. The fraction of sp³-hybridized carbons (Fsp3) is 0.500. The number of amides is 7. The molecule has 78 heavy (non-hydrogen) atoms. The lowest BCUT2D eigenvalue weighted by atomic mass is 10.0. The van der Waals surface area contributed by atoms with Gasteiger partial charge in [0.05, 0.1) is 12.1 Å². The Bertz CT molecular complexity index is 2580. The van der Waals surface area contributed by atoms with Crippen LogP contribution in [0.15, 0.2) is 75.8 Å². The van der Waals surface area contributed by atoms with Crippen LogP contribution in [0.4, 0.5) is 0 Å². The van der Waals surface area contributed by atoms with Crippen LogP contribution < -0.4 is 76.9 Å². The number of benzene rings is 2. The van der Waals surface area contributed by atoms with Gasteiger partial charge in [0, 0.05) is 63.0 Å². The highest BCUT2D eigenvalue weighted by atomic mass is 16.4. The molecule has 0 bridgehead atoms. The van der Waals surface area contributed by atoms with E-state index in [1.165, 1.54) is 6.92 Å². The first-order chi connectivity index (χ1) is 37.2. The van der Waals surface area contributed by atoms with Gasteiger partial charge in [0.15, 0.2) is 17.9 Å². The molecule has 23 N–H and O–H groups in total. The van der Waals surface area contributed by atoms with Crippen LogP contribution >= 0.6 is 0 Å². The lowest BCUT2D eigenvalue weighted by molar-refractivity contribution is -0.142. The van der Waals surface area contributed by atoms with Crippen molar-refractivity contribution in [1.82, 2.24) is 47.5 Å². The molecule has 1 fully saturated rings. The van der Waals surface area contributed by atoms with Crippen molar-refractivity contribution in [2.45, 2.75) is 132 Å². The summed E-state index contributed by atoms with van der Waals surface area (Å²) in [6, 6.07) is 6.42. The number of nitrogens with zero attached hydrogens (tertiary/aromatic N) is 3. The summed E-state index contributed by atoms with van der Waals surface area (Å²) in [5.74, 6) is -7.35. The quantitative estimate of drug-likeness (QED) is 0.0292. The molecular weight excluding hydrogens is 1010 g/mol. The van der Waals surface area contributed by atoms with E-state index in [-0.39, 0.29) is 121 Å². The van der Waals surface area contributed by atoms with Crippen molar-refractivity contribution in [2.24, 2.45) is 49.4 Å². The van der Waals surface area contributed by atoms with Gasteiger partial charge in [0.25, 0.3) is 0 Å². The molecule has 0 saturated carbocycles. The van der Waals surface area contributed by atoms with Crippen LogP contribution in [0.25, 0.3) is 10.9 Å². The number of fused-ring (bicyclic) bond motifs is 1. The minimum Gasteiger partial charge on any atom is -0.480 e. The fourth-order valence-electron chi connectivity index (χ4n) is 8.54. The Morgan fingerprint density at radius 1 is 0.705 bits per heavy atom. The van der Waals surface area contributed by atoms with E-state index in [1.54, 1.807) is 42.6 Å². The number of guanidine groups is 3. The monoisotopic (exact) mass is 1090 g/mol. The van der Waals surface area contributed by atoms with E-state index in [9.17, 15) is 48.6 Å². The number of aliphatic hydroxyl groups excluding tert-OH is 1. The smallest absolute Gasteiger partial charge is 0.326 e. The van der Waals surface area contributed by atoms with Crippen molar-refractivity contribution in [1.29, 1.82) is 0 Å². The van der Waals surface area contributed by atoms with Gasteiger partial charge in [-0.25, -0.2) is 4.79 Å². The van der Waals surface area contributed by atoms with Crippen molar-refractivity contribution >= 4 is 76.1 Å². The highest BCUT2D eigenvalue weighted by Gasteiger charge is 2.35. The zero-order valence-corrected chi connectivity index (χ0v) is 43.7. The highest BCUT2D eigenvalue weighted by Crippen LogP contribution is 2.20. The molecule has 0 spiro atoms. The van der Waals surface area contributed by atoms with Crippen molar-refractivity contribution in [3.63, 3.8) is 0 Å². The van der Waals surface area contributed by atoms with Gasteiger partial charge in [-0.2, -0.15) is 0 Å². The van der Waals surface area contributed by atoms with Crippen LogP contribution in [0.2, 0.25) is 0 Å². The van der Waals surface area contributed by atoms with E-state index in [1.807, 2.05) is 18.2 Å². The largest absolute Gasteiger partial charge is 0.480 e. The summed E-state index contributed by atoms with van der Waals surface area (Å²) in [5.41, 5.74) is 35.2. The number of carbonyl (C=O) groups excluding carboxylic acids is 7. The van der Waals surface area contributed by atoms with Crippen molar-refractivity contribution < 1.29 is 48.6 Å². The molecule has 0 radical (unpaired) electrons. The Morgan fingerprint density at radius 3 is 1.96 bits per heavy atom. The van der Waals surface area contributed by atoms with Gasteiger partial charge < -0.3 is 86.8 Å². The zero-order valence-electron chi connectivity index (χ0n) is 43.7. The Morgan fingerprint density at radius 2 is 1.31 bits per heavy atom. The molecule has 426 valence electrons. The topological polar surface area (TPSA) is 482 Å². The Labute approximate surface area is 451 Å². The second kappa shape index (κ2) is 32.1. The van der Waals surface area contributed by atoms with E-state index in [0.717, 1.165) is 10.9 Å². The third kappa shape index (κ3) is 22.0. The number of carboxylic acids is 1. The molecular formula is C50H76N18O10. The van der Waals surface area contributed by atoms with Crippen LogP contribution in [-0.2, 0) is 51.2 Å². The number of hydrogen-bond acceptors (Lipinski definition) is 13. The standard InChI is InChI=1S/C50H76N18O10/c1-28(69)62-33(15-7-22-58-48(51)52)41(71)65-36-19-20-40(70)57-21-10-18-37(47(77)78)66-46(76)39(26-30-27-61-32-14-6-5-13-31(30)32)68-43(73)35(17-9-24-60-50(55)56)64-45(75)38(25-29-11-3-2-4-12-29)67-42(72)34(63-44(36)74)16-8-23-59-49(53)54/h2-6,11-14,27,33-39,43,61,68,73H,7-10,15-26H2,1H3,(H,57,70)(H,62,69)(H,63,74)(H,64,75)(H,65,71)(H,66,76)(H,67,72)(H,77,78)(H4,51,52,58)(H4,53,54,59)(H4,55,56,60). The average molecular weight is 1090 g/mol. The predicted molar refractivity (Wildman–Crippen MR) is 291 cm³/mol. The van der Waals surface area contributed by atoms with Gasteiger partial charge in [-0.3, -0.25) is 53.9 Å².